The smallest absolute Gasteiger partial charge is 0.128 e. The van der Waals surface area contributed by atoms with Gasteiger partial charge in [0.15, 0.2) is 0 Å². The van der Waals surface area contributed by atoms with Crippen molar-refractivity contribution in [1.82, 2.24) is 5.32 Å². The minimum atomic E-state index is 0.135. The van der Waals surface area contributed by atoms with Crippen molar-refractivity contribution in [3.63, 3.8) is 0 Å². The molecule has 3 N–H and O–H groups in total. The maximum absolute atomic E-state index is 6.18. The van der Waals surface area contributed by atoms with E-state index in [1.807, 2.05) is 25.2 Å². The van der Waals surface area contributed by atoms with E-state index in [0.29, 0.717) is 0 Å². The number of anilines is 1. The fourth-order valence-electron chi connectivity index (χ4n) is 2.78. The van der Waals surface area contributed by atoms with Crippen molar-refractivity contribution >= 4 is 5.69 Å². The van der Waals surface area contributed by atoms with E-state index in [9.17, 15) is 0 Å². The van der Waals surface area contributed by atoms with E-state index in [0.717, 1.165) is 36.4 Å². The zero-order chi connectivity index (χ0) is 13.9. The third-order valence-electron chi connectivity index (χ3n) is 3.76. The van der Waals surface area contributed by atoms with Gasteiger partial charge in [0.25, 0.3) is 0 Å². The first-order valence-corrected chi connectivity index (χ1v) is 7.09. The van der Waals surface area contributed by atoms with E-state index in [2.05, 4.69) is 29.6 Å². The van der Waals surface area contributed by atoms with Crippen LogP contribution in [0.2, 0.25) is 0 Å². The highest BCUT2D eigenvalue weighted by molar-refractivity contribution is 5.78. The number of benzene rings is 2. The Kier molecular flexibility index (Phi) is 3.61. The van der Waals surface area contributed by atoms with E-state index >= 15 is 0 Å². The third kappa shape index (κ3) is 2.37. The molecule has 0 spiro atoms. The van der Waals surface area contributed by atoms with Crippen LogP contribution in [0.3, 0.4) is 0 Å². The first kappa shape index (κ1) is 13.0. The topological polar surface area (TPSA) is 47.3 Å². The molecule has 0 aliphatic carbocycles. The van der Waals surface area contributed by atoms with E-state index in [-0.39, 0.29) is 6.10 Å². The molecule has 0 radical (unpaired) electrons. The van der Waals surface area contributed by atoms with Crippen molar-refractivity contribution in [3.05, 3.63) is 48.0 Å². The molecule has 1 heterocycles. The average molecular weight is 268 g/mol. The zero-order valence-corrected chi connectivity index (χ0v) is 11.7. The minimum Gasteiger partial charge on any atom is -0.485 e. The van der Waals surface area contributed by atoms with Crippen LogP contribution in [0.15, 0.2) is 42.5 Å². The van der Waals surface area contributed by atoms with Gasteiger partial charge in [-0.1, -0.05) is 24.3 Å². The monoisotopic (exact) mass is 268 g/mol. The van der Waals surface area contributed by atoms with Crippen molar-refractivity contribution in [2.75, 3.05) is 19.3 Å². The van der Waals surface area contributed by atoms with Crippen LogP contribution in [0, 0.1) is 0 Å². The van der Waals surface area contributed by atoms with Crippen LogP contribution in [0.25, 0.3) is 11.1 Å². The lowest BCUT2D eigenvalue weighted by Gasteiger charge is -2.29. The van der Waals surface area contributed by atoms with Crippen LogP contribution in [0.1, 0.15) is 24.5 Å². The van der Waals surface area contributed by atoms with Crippen molar-refractivity contribution < 1.29 is 4.74 Å². The molecule has 0 amide bonds. The number of rotatable bonds is 4. The van der Waals surface area contributed by atoms with Gasteiger partial charge in [0.1, 0.15) is 11.9 Å². The SMILES string of the molecule is CNCCCC1Oc2ccc(N)cc2-c2ccccc21. The number of nitrogen functional groups attached to an aromatic ring is 1. The van der Waals surface area contributed by atoms with Crippen LogP contribution in [0.4, 0.5) is 5.69 Å². The largest absolute Gasteiger partial charge is 0.485 e. The highest BCUT2D eigenvalue weighted by Crippen LogP contribution is 2.44. The van der Waals surface area contributed by atoms with Crippen LogP contribution in [-0.2, 0) is 0 Å². The summed E-state index contributed by atoms with van der Waals surface area (Å²) in [7, 11) is 1.98. The summed E-state index contributed by atoms with van der Waals surface area (Å²) in [5.41, 5.74) is 10.3. The number of hydrogen-bond donors (Lipinski definition) is 2. The Morgan fingerprint density at radius 2 is 2.00 bits per heavy atom. The Labute approximate surface area is 119 Å². The first-order valence-electron chi connectivity index (χ1n) is 7.09. The number of fused-ring (bicyclic) bond motifs is 3. The molecule has 1 atom stereocenters. The average Bonchev–Trinajstić information content (AvgIpc) is 2.48. The molecule has 3 rings (SSSR count). The fraction of sp³-hybridized carbons (Fsp3) is 0.294. The standard InChI is InChI=1S/C17H20N2O/c1-19-10-4-7-16-14-6-3-2-5-13(14)15-11-12(18)8-9-17(15)20-16/h2-3,5-6,8-9,11,16,19H,4,7,10,18H2,1H3. The van der Waals surface area contributed by atoms with E-state index in [4.69, 9.17) is 10.5 Å². The molecule has 0 aromatic heterocycles. The van der Waals surface area contributed by atoms with Crippen LogP contribution in [-0.4, -0.2) is 13.6 Å². The van der Waals surface area contributed by atoms with Gasteiger partial charge < -0.3 is 15.8 Å². The number of hydrogen-bond acceptors (Lipinski definition) is 3. The predicted molar refractivity (Wildman–Crippen MR) is 82.8 cm³/mol. The maximum atomic E-state index is 6.18. The summed E-state index contributed by atoms with van der Waals surface area (Å²) in [4.78, 5) is 0. The summed E-state index contributed by atoms with van der Waals surface area (Å²) in [5, 5.41) is 3.19. The van der Waals surface area contributed by atoms with Crippen molar-refractivity contribution in [2.45, 2.75) is 18.9 Å². The van der Waals surface area contributed by atoms with Crippen molar-refractivity contribution in [2.24, 2.45) is 0 Å². The van der Waals surface area contributed by atoms with Gasteiger partial charge >= 0.3 is 0 Å². The van der Waals surface area contributed by atoms with Crippen molar-refractivity contribution in [1.29, 1.82) is 0 Å². The molecule has 2 aromatic carbocycles. The zero-order valence-electron chi connectivity index (χ0n) is 11.7. The van der Waals surface area contributed by atoms with Gasteiger partial charge in [-0.05, 0) is 50.2 Å². The van der Waals surface area contributed by atoms with E-state index in [1.54, 1.807) is 0 Å². The first-order chi connectivity index (χ1) is 9.79. The van der Waals surface area contributed by atoms with E-state index < -0.39 is 0 Å². The molecule has 0 saturated carbocycles. The lowest BCUT2D eigenvalue weighted by atomic mass is 9.91. The summed E-state index contributed by atoms with van der Waals surface area (Å²) in [5.74, 6) is 0.937. The molecule has 1 aliphatic rings. The molecule has 104 valence electrons. The fourth-order valence-corrected chi connectivity index (χ4v) is 2.78. The number of nitrogens with one attached hydrogen (secondary N) is 1. The number of ether oxygens (including phenoxy) is 1. The third-order valence-corrected chi connectivity index (χ3v) is 3.76. The highest BCUT2D eigenvalue weighted by Gasteiger charge is 2.25. The summed E-state index contributed by atoms with van der Waals surface area (Å²) >= 11 is 0. The molecule has 0 saturated heterocycles. The molecule has 3 nitrogen and oxygen atoms in total. The van der Waals surface area contributed by atoms with Gasteiger partial charge in [-0.15, -0.1) is 0 Å². The second kappa shape index (κ2) is 5.55. The lowest BCUT2D eigenvalue weighted by Crippen LogP contribution is -2.16. The van der Waals surface area contributed by atoms with Gasteiger partial charge in [-0.2, -0.15) is 0 Å². The molecule has 1 unspecified atom stereocenters. The second-order valence-electron chi connectivity index (χ2n) is 5.20. The second-order valence-corrected chi connectivity index (χ2v) is 5.20. The summed E-state index contributed by atoms with van der Waals surface area (Å²) in [6, 6.07) is 14.3. The van der Waals surface area contributed by atoms with Gasteiger partial charge in [-0.3, -0.25) is 0 Å². The molecule has 0 fully saturated rings. The van der Waals surface area contributed by atoms with Crippen LogP contribution < -0.4 is 15.8 Å². The maximum Gasteiger partial charge on any atom is 0.128 e. The summed E-state index contributed by atoms with van der Waals surface area (Å²) in [6.07, 6.45) is 2.25. The molecular weight excluding hydrogens is 248 g/mol. The summed E-state index contributed by atoms with van der Waals surface area (Å²) < 4.78 is 6.18. The predicted octanol–water partition coefficient (Wildman–Crippen LogP) is 3.37. The Balaban J connectivity index is 1.97. The minimum absolute atomic E-state index is 0.135. The van der Waals surface area contributed by atoms with Crippen molar-refractivity contribution in [3.8, 4) is 16.9 Å². The van der Waals surface area contributed by atoms with Gasteiger partial charge in [0.2, 0.25) is 0 Å². The Morgan fingerprint density at radius 3 is 2.85 bits per heavy atom. The molecule has 2 aromatic rings. The highest BCUT2D eigenvalue weighted by atomic mass is 16.5. The molecule has 3 heteroatoms. The Hall–Kier alpha value is -2.00. The molecule has 1 aliphatic heterocycles. The van der Waals surface area contributed by atoms with Gasteiger partial charge in [-0.25, -0.2) is 0 Å². The van der Waals surface area contributed by atoms with Crippen LogP contribution in [0.5, 0.6) is 5.75 Å². The normalized spacial score (nSPS) is 16.1. The Bertz CT molecular complexity index is 610. The molecular formula is C17H20N2O. The summed E-state index contributed by atoms with van der Waals surface area (Å²) in [6.45, 7) is 1.01. The van der Waals surface area contributed by atoms with E-state index in [1.165, 1.54) is 11.1 Å². The lowest BCUT2D eigenvalue weighted by molar-refractivity contribution is 0.188. The molecule has 0 bridgehead atoms. The van der Waals surface area contributed by atoms with Gasteiger partial charge in [0, 0.05) is 16.8 Å². The number of nitrogens with two attached hydrogens (primary N) is 1. The Morgan fingerprint density at radius 1 is 1.15 bits per heavy atom. The quantitative estimate of drug-likeness (QED) is 0.660. The van der Waals surface area contributed by atoms with Crippen LogP contribution >= 0.6 is 0 Å². The van der Waals surface area contributed by atoms with Gasteiger partial charge in [0.05, 0.1) is 0 Å². The molecule has 20 heavy (non-hydrogen) atoms.